The summed E-state index contributed by atoms with van der Waals surface area (Å²) in [6.07, 6.45) is 2.19. The highest BCUT2D eigenvalue weighted by Gasteiger charge is 2.15. The number of benzene rings is 1. The van der Waals surface area contributed by atoms with Crippen LogP contribution in [0, 0.1) is 0 Å². The second-order valence-corrected chi connectivity index (χ2v) is 5.76. The molecule has 0 saturated heterocycles. The van der Waals surface area contributed by atoms with Crippen LogP contribution < -0.4 is 10.2 Å². The largest absolute Gasteiger partial charge is 0.374 e. The Morgan fingerprint density at radius 3 is 3.21 bits per heavy atom. The van der Waals surface area contributed by atoms with Crippen LogP contribution in [0.1, 0.15) is 16.8 Å². The third-order valence-corrected chi connectivity index (χ3v) is 4.28. The Bertz CT molecular complexity index is 536. The van der Waals surface area contributed by atoms with Gasteiger partial charge in [-0.05, 0) is 23.6 Å². The first kappa shape index (κ1) is 12.6. The van der Waals surface area contributed by atoms with Gasteiger partial charge in [0.2, 0.25) is 0 Å². The summed E-state index contributed by atoms with van der Waals surface area (Å²) in [5.41, 5.74) is 7.35. The zero-order valence-corrected chi connectivity index (χ0v) is 12.0. The van der Waals surface area contributed by atoms with E-state index in [1.54, 1.807) is 11.3 Å². The summed E-state index contributed by atoms with van der Waals surface area (Å²) in [5.74, 6) is 0. The molecular weight excluding hydrogens is 254 g/mol. The molecule has 1 aliphatic heterocycles. The van der Waals surface area contributed by atoms with E-state index >= 15 is 0 Å². The van der Waals surface area contributed by atoms with Gasteiger partial charge < -0.3 is 10.2 Å². The molecule has 0 radical (unpaired) electrons. The summed E-state index contributed by atoms with van der Waals surface area (Å²) in [5, 5.41) is 5.61. The molecule has 4 heteroatoms. The smallest absolute Gasteiger partial charge is 0.0794 e. The Morgan fingerprint density at radius 2 is 2.37 bits per heavy atom. The van der Waals surface area contributed by atoms with Gasteiger partial charge >= 0.3 is 0 Å². The zero-order chi connectivity index (χ0) is 13.1. The number of hydrogen-bond acceptors (Lipinski definition) is 4. The molecule has 1 N–H and O–H groups in total. The minimum Gasteiger partial charge on any atom is -0.374 e. The molecule has 100 valence electrons. The molecule has 1 aromatic heterocycles. The fourth-order valence-electron chi connectivity index (χ4n) is 2.54. The summed E-state index contributed by atoms with van der Waals surface area (Å²) in [6.45, 7) is 3.08. The van der Waals surface area contributed by atoms with Crippen LogP contribution in [0.4, 0.5) is 5.69 Å². The molecule has 0 atom stereocenters. The van der Waals surface area contributed by atoms with E-state index in [2.05, 4.69) is 45.8 Å². The normalized spacial score (nSPS) is 13.8. The first-order valence-electron chi connectivity index (χ1n) is 6.73. The van der Waals surface area contributed by atoms with Crippen molar-refractivity contribution in [2.24, 2.45) is 0 Å². The Hall–Kier alpha value is -1.39. The predicted molar refractivity (Wildman–Crippen MR) is 80.9 cm³/mol. The molecule has 2 aromatic rings. The van der Waals surface area contributed by atoms with E-state index in [-0.39, 0.29) is 0 Å². The number of hydrogen-bond donors (Lipinski definition) is 1. The first-order chi connectivity index (χ1) is 9.33. The number of likely N-dealkylation sites (N-methyl/N-ethyl adjacent to an activating group) is 1. The first-order valence-corrected chi connectivity index (χ1v) is 7.68. The van der Waals surface area contributed by atoms with Crippen molar-refractivity contribution < 1.29 is 0 Å². The van der Waals surface area contributed by atoms with Crippen molar-refractivity contribution in [2.75, 3.05) is 25.0 Å². The average Bonchev–Trinajstić information content (AvgIpc) is 3.05. The summed E-state index contributed by atoms with van der Waals surface area (Å²) in [6, 6.07) is 6.82. The molecule has 1 aliphatic rings. The minimum absolute atomic E-state index is 0.946. The van der Waals surface area contributed by atoms with E-state index in [1.807, 2.05) is 5.51 Å². The number of aromatic nitrogens is 1. The van der Waals surface area contributed by atoms with Gasteiger partial charge in [-0.3, -0.25) is 0 Å². The van der Waals surface area contributed by atoms with Gasteiger partial charge in [0.25, 0.3) is 0 Å². The average molecular weight is 273 g/mol. The van der Waals surface area contributed by atoms with Crippen LogP contribution in [0.3, 0.4) is 0 Å². The van der Waals surface area contributed by atoms with Crippen LogP contribution in [0.25, 0.3) is 0 Å². The molecule has 0 saturated carbocycles. The number of thiazole rings is 1. The highest BCUT2D eigenvalue weighted by molar-refractivity contribution is 7.07. The topological polar surface area (TPSA) is 28.2 Å². The lowest BCUT2D eigenvalue weighted by atomic mass is 10.1. The molecule has 1 aromatic carbocycles. The van der Waals surface area contributed by atoms with E-state index in [0.29, 0.717) is 0 Å². The molecule has 19 heavy (non-hydrogen) atoms. The van der Waals surface area contributed by atoms with Gasteiger partial charge in [-0.25, -0.2) is 4.98 Å². The quantitative estimate of drug-likeness (QED) is 0.848. The lowest BCUT2D eigenvalue weighted by Crippen LogP contribution is -2.17. The van der Waals surface area contributed by atoms with Crippen LogP contribution in [0.5, 0.6) is 0 Å². The SMILES string of the molecule is CN1CCc2cc(CNCCc3cscn3)ccc21. The number of rotatable bonds is 5. The van der Waals surface area contributed by atoms with E-state index in [9.17, 15) is 0 Å². The summed E-state index contributed by atoms with van der Waals surface area (Å²) < 4.78 is 0. The second-order valence-electron chi connectivity index (χ2n) is 5.04. The number of nitrogens with zero attached hydrogens (tertiary/aromatic N) is 2. The fraction of sp³-hybridized carbons (Fsp3) is 0.400. The van der Waals surface area contributed by atoms with Crippen LogP contribution >= 0.6 is 11.3 Å². The minimum atomic E-state index is 0.946. The Balaban J connectivity index is 1.51. The zero-order valence-electron chi connectivity index (χ0n) is 11.2. The van der Waals surface area contributed by atoms with E-state index < -0.39 is 0 Å². The van der Waals surface area contributed by atoms with Crippen LogP contribution in [-0.2, 0) is 19.4 Å². The molecule has 0 bridgehead atoms. The van der Waals surface area contributed by atoms with Gasteiger partial charge in [-0.15, -0.1) is 11.3 Å². The van der Waals surface area contributed by atoms with Crippen LogP contribution in [-0.4, -0.2) is 25.1 Å². The number of fused-ring (bicyclic) bond motifs is 1. The van der Waals surface area contributed by atoms with Crippen molar-refractivity contribution in [3.05, 3.63) is 45.9 Å². The standard InChI is InChI=1S/C15H19N3S/c1-18-7-5-13-8-12(2-3-15(13)18)9-16-6-4-14-10-19-11-17-14/h2-3,8,10-11,16H,4-7,9H2,1H3. The summed E-state index contributed by atoms with van der Waals surface area (Å²) in [7, 11) is 2.16. The van der Waals surface area contributed by atoms with Gasteiger partial charge in [0.1, 0.15) is 0 Å². The maximum Gasteiger partial charge on any atom is 0.0794 e. The highest BCUT2D eigenvalue weighted by Crippen LogP contribution is 2.27. The van der Waals surface area contributed by atoms with Crippen molar-refractivity contribution in [1.82, 2.24) is 10.3 Å². The lowest BCUT2D eigenvalue weighted by molar-refractivity contribution is 0.681. The van der Waals surface area contributed by atoms with Gasteiger partial charge in [-0.1, -0.05) is 12.1 Å². The third kappa shape index (κ3) is 2.96. The number of nitrogens with one attached hydrogen (secondary N) is 1. The molecule has 0 aliphatic carbocycles. The van der Waals surface area contributed by atoms with Crippen LogP contribution in [0.2, 0.25) is 0 Å². The maximum absolute atomic E-state index is 4.29. The second kappa shape index (κ2) is 5.72. The van der Waals surface area contributed by atoms with Crippen molar-refractivity contribution in [3.63, 3.8) is 0 Å². The summed E-state index contributed by atoms with van der Waals surface area (Å²) >= 11 is 1.66. The maximum atomic E-state index is 4.29. The molecule has 3 nitrogen and oxygen atoms in total. The highest BCUT2D eigenvalue weighted by atomic mass is 32.1. The number of anilines is 1. The van der Waals surface area contributed by atoms with Gasteiger partial charge in [0, 0.05) is 44.2 Å². The third-order valence-electron chi connectivity index (χ3n) is 3.64. The molecule has 3 rings (SSSR count). The Kier molecular flexibility index (Phi) is 3.80. The van der Waals surface area contributed by atoms with Crippen molar-refractivity contribution in [2.45, 2.75) is 19.4 Å². The molecular formula is C15H19N3S. The summed E-state index contributed by atoms with van der Waals surface area (Å²) in [4.78, 5) is 6.62. The van der Waals surface area contributed by atoms with E-state index in [4.69, 9.17) is 0 Å². The van der Waals surface area contributed by atoms with Crippen molar-refractivity contribution in [3.8, 4) is 0 Å². The predicted octanol–water partition coefficient (Wildman–Crippen LogP) is 2.47. The molecule has 0 unspecified atom stereocenters. The molecule has 2 heterocycles. The van der Waals surface area contributed by atoms with Crippen LogP contribution in [0.15, 0.2) is 29.1 Å². The van der Waals surface area contributed by atoms with E-state index in [1.165, 1.54) is 28.9 Å². The molecule has 0 fully saturated rings. The Morgan fingerprint density at radius 1 is 1.42 bits per heavy atom. The monoisotopic (exact) mass is 273 g/mol. The molecule has 0 amide bonds. The van der Waals surface area contributed by atoms with Gasteiger partial charge in [0.15, 0.2) is 0 Å². The Labute approximate surface area is 118 Å². The van der Waals surface area contributed by atoms with Crippen molar-refractivity contribution in [1.29, 1.82) is 0 Å². The van der Waals surface area contributed by atoms with E-state index in [0.717, 1.165) is 26.1 Å². The van der Waals surface area contributed by atoms with Gasteiger partial charge in [-0.2, -0.15) is 0 Å². The fourth-order valence-corrected chi connectivity index (χ4v) is 3.13. The van der Waals surface area contributed by atoms with Gasteiger partial charge in [0.05, 0.1) is 11.2 Å². The molecule has 0 spiro atoms. The van der Waals surface area contributed by atoms with Crippen molar-refractivity contribution >= 4 is 17.0 Å². The lowest BCUT2D eigenvalue weighted by Gasteiger charge is -2.12.